The second kappa shape index (κ2) is 8.90. The van der Waals surface area contributed by atoms with Gasteiger partial charge in [0.05, 0.1) is 29.3 Å². The third-order valence-corrected chi connectivity index (χ3v) is 7.19. The maximum atomic E-state index is 13.4. The van der Waals surface area contributed by atoms with Crippen LogP contribution in [-0.2, 0) is 14.8 Å². The molecule has 0 saturated heterocycles. The normalized spacial score (nSPS) is 15.5. The number of carbonyl (C=O) groups excluding carboxylic acids is 1. The van der Waals surface area contributed by atoms with Gasteiger partial charge in [-0.15, -0.1) is 0 Å². The van der Waals surface area contributed by atoms with E-state index in [-0.39, 0.29) is 17.2 Å². The van der Waals surface area contributed by atoms with Gasteiger partial charge in [0.2, 0.25) is 0 Å². The van der Waals surface area contributed by atoms with Gasteiger partial charge in [0.15, 0.2) is 6.10 Å². The Balaban J connectivity index is 1.64. The molecule has 1 atom stereocenters. The van der Waals surface area contributed by atoms with E-state index in [9.17, 15) is 13.2 Å². The number of hydrogen-bond donors (Lipinski definition) is 1. The number of benzene rings is 3. The smallest absolute Gasteiger partial charge is 0.267 e. The number of halogens is 2. The summed E-state index contributed by atoms with van der Waals surface area (Å²) in [5, 5.41) is 3.46. The highest BCUT2D eigenvalue weighted by Crippen LogP contribution is 2.37. The molecule has 32 heavy (non-hydrogen) atoms. The van der Waals surface area contributed by atoms with Gasteiger partial charge in [0, 0.05) is 10.7 Å². The molecular weight excluding hydrogens is 475 g/mol. The fraction of sp³-hybridized carbons (Fsp3) is 0.136. The van der Waals surface area contributed by atoms with E-state index >= 15 is 0 Å². The molecule has 1 heterocycles. The Bertz CT molecular complexity index is 1270. The monoisotopic (exact) mass is 492 g/mol. The molecule has 1 aliphatic heterocycles. The number of para-hydroxylation sites is 2. The standard InChI is InChI=1S/C22H18Cl2N2O5S/c1-30-19-11-8-15(12-17(19)24)25-22(27)21-13-26(18-4-2-3-5-20(18)31-21)32(28,29)16-9-6-14(23)7-10-16/h2-12,21H,13H2,1H3,(H,25,27)/t21-/m0/s1. The number of sulfonamides is 1. The molecule has 0 saturated carbocycles. The second-order valence-electron chi connectivity index (χ2n) is 6.90. The predicted molar refractivity (Wildman–Crippen MR) is 123 cm³/mol. The van der Waals surface area contributed by atoms with Crippen LogP contribution in [0.1, 0.15) is 0 Å². The van der Waals surface area contributed by atoms with Gasteiger partial charge in [0.1, 0.15) is 11.5 Å². The average Bonchev–Trinajstić information content (AvgIpc) is 2.78. The summed E-state index contributed by atoms with van der Waals surface area (Å²) in [7, 11) is -2.48. The molecule has 1 N–H and O–H groups in total. The lowest BCUT2D eigenvalue weighted by molar-refractivity contribution is -0.122. The average molecular weight is 493 g/mol. The molecule has 3 aromatic carbocycles. The minimum atomic E-state index is -3.97. The van der Waals surface area contributed by atoms with E-state index in [4.69, 9.17) is 32.7 Å². The number of hydrogen-bond acceptors (Lipinski definition) is 5. The van der Waals surface area contributed by atoms with Crippen molar-refractivity contribution in [3.8, 4) is 11.5 Å². The molecule has 0 unspecified atom stereocenters. The molecule has 4 rings (SSSR count). The Hall–Kier alpha value is -2.94. The van der Waals surface area contributed by atoms with E-state index in [0.717, 1.165) is 0 Å². The van der Waals surface area contributed by atoms with Crippen molar-refractivity contribution < 1.29 is 22.7 Å². The lowest BCUT2D eigenvalue weighted by Crippen LogP contribution is -2.48. The molecule has 10 heteroatoms. The van der Waals surface area contributed by atoms with E-state index in [0.29, 0.717) is 27.2 Å². The Kier molecular flexibility index (Phi) is 6.19. The van der Waals surface area contributed by atoms with Crippen LogP contribution in [0.2, 0.25) is 10.0 Å². The fourth-order valence-electron chi connectivity index (χ4n) is 3.27. The van der Waals surface area contributed by atoms with Gasteiger partial charge in [-0.3, -0.25) is 9.10 Å². The zero-order valence-corrected chi connectivity index (χ0v) is 19.1. The van der Waals surface area contributed by atoms with E-state index in [2.05, 4.69) is 5.32 Å². The number of rotatable bonds is 5. The van der Waals surface area contributed by atoms with Crippen LogP contribution in [0.3, 0.4) is 0 Å². The Morgan fingerprint density at radius 1 is 1.09 bits per heavy atom. The molecule has 0 fully saturated rings. The first-order valence-electron chi connectivity index (χ1n) is 9.48. The van der Waals surface area contributed by atoms with Crippen molar-refractivity contribution in [1.29, 1.82) is 0 Å². The number of nitrogens with one attached hydrogen (secondary N) is 1. The summed E-state index contributed by atoms with van der Waals surface area (Å²) in [6, 6.07) is 17.3. The summed E-state index contributed by atoms with van der Waals surface area (Å²) < 4.78 is 38.8. The minimum absolute atomic E-state index is 0.0553. The molecule has 0 aromatic heterocycles. The van der Waals surface area contributed by atoms with Crippen LogP contribution >= 0.6 is 23.2 Å². The highest BCUT2D eigenvalue weighted by atomic mass is 35.5. The first kappa shape index (κ1) is 22.3. The predicted octanol–water partition coefficient (Wildman–Crippen LogP) is 4.60. The summed E-state index contributed by atoms with van der Waals surface area (Å²) in [5.41, 5.74) is 0.773. The highest BCUT2D eigenvalue weighted by Gasteiger charge is 2.37. The van der Waals surface area contributed by atoms with Crippen molar-refractivity contribution >= 4 is 50.5 Å². The van der Waals surface area contributed by atoms with Gasteiger partial charge >= 0.3 is 0 Å². The van der Waals surface area contributed by atoms with Crippen LogP contribution in [0.25, 0.3) is 0 Å². The van der Waals surface area contributed by atoms with E-state index in [1.165, 1.54) is 41.7 Å². The van der Waals surface area contributed by atoms with E-state index in [1.807, 2.05) is 0 Å². The van der Waals surface area contributed by atoms with Crippen molar-refractivity contribution in [2.45, 2.75) is 11.0 Å². The largest absolute Gasteiger partial charge is 0.495 e. The molecule has 0 spiro atoms. The molecular formula is C22H18Cl2N2O5S. The summed E-state index contributed by atoms with van der Waals surface area (Å²) in [4.78, 5) is 13.0. The van der Waals surface area contributed by atoms with Crippen molar-refractivity contribution in [2.24, 2.45) is 0 Å². The quantitative estimate of drug-likeness (QED) is 0.562. The number of amides is 1. The Labute approximate surface area is 195 Å². The number of ether oxygens (including phenoxy) is 2. The first-order valence-corrected chi connectivity index (χ1v) is 11.7. The first-order chi connectivity index (χ1) is 15.3. The number of methoxy groups -OCH3 is 1. The lowest BCUT2D eigenvalue weighted by Gasteiger charge is -2.34. The highest BCUT2D eigenvalue weighted by molar-refractivity contribution is 7.92. The van der Waals surface area contributed by atoms with Crippen molar-refractivity contribution in [3.63, 3.8) is 0 Å². The van der Waals surface area contributed by atoms with Crippen molar-refractivity contribution in [3.05, 3.63) is 76.8 Å². The van der Waals surface area contributed by atoms with Crippen LogP contribution in [-0.4, -0.2) is 34.1 Å². The van der Waals surface area contributed by atoms with Gasteiger partial charge in [0.25, 0.3) is 15.9 Å². The zero-order valence-electron chi connectivity index (χ0n) is 16.8. The molecule has 0 bridgehead atoms. The molecule has 0 radical (unpaired) electrons. The third kappa shape index (κ3) is 4.34. The number of fused-ring (bicyclic) bond motifs is 1. The number of nitrogens with zero attached hydrogens (tertiary/aromatic N) is 1. The summed E-state index contributed by atoms with van der Waals surface area (Å²) >= 11 is 12.0. The van der Waals surface area contributed by atoms with Crippen LogP contribution in [0.15, 0.2) is 71.6 Å². The van der Waals surface area contributed by atoms with Gasteiger partial charge < -0.3 is 14.8 Å². The van der Waals surface area contributed by atoms with Crippen LogP contribution in [0.4, 0.5) is 11.4 Å². The third-order valence-electron chi connectivity index (χ3n) is 4.85. The van der Waals surface area contributed by atoms with E-state index in [1.54, 1.807) is 36.4 Å². The van der Waals surface area contributed by atoms with Gasteiger partial charge in [-0.25, -0.2) is 8.42 Å². The summed E-state index contributed by atoms with van der Waals surface area (Å²) in [6.45, 7) is -0.211. The molecule has 1 aliphatic rings. The van der Waals surface area contributed by atoms with Gasteiger partial charge in [-0.1, -0.05) is 35.3 Å². The number of anilines is 2. The van der Waals surface area contributed by atoms with Crippen LogP contribution in [0, 0.1) is 0 Å². The maximum Gasteiger partial charge on any atom is 0.267 e. The zero-order chi connectivity index (χ0) is 22.9. The van der Waals surface area contributed by atoms with Crippen LogP contribution in [0.5, 0.6) is 11.5 Å². The van der Waals surface area contributed by atoms with E-state index < -0.39 is 22.0 Å². The lowest BCUT2D eigenvalue weighted by atomic mass is 10.2. The molecule has 0 aliphatic carbocycles. The fourth-order valence-corrected chi connectivity index (χ4v) is 5.13. The topological polar surface area (TPSA) is 84.9 Å². The second-order valence-corrected chi connectivity index (χ2v) is 9.61. The summed E-state index contributed by atoms with van der Waals surface area (Å²) in [6.07, 6.45) is -1.09. The number of carbonyl (C=O) groups is 1. The molecule has 3 aromatic rings. The summed E-state index contributed by atoms with van der Waals surface area (Å²) in [5.74, 6) is 0.231. The van der Waals surface area contributed by atoms with Gasteiger partial charge in [-0.05, 0) is 54.6 Å². The molecule has 7 nitrogen and oxygen atoms in total. The van der Waals surface area contributed by atoms with Crippen LogP contribution < -0.4 is 19.1 Å². The van der Waals surface area contributed by atoms with Crippen molar-refractivity contribution in [2.75, 3.05) is 23.3 Å². The minimum Gasteiger partial charge on any atom is -0.495 e. The molecule has 166 valence electrons. The maximum absolute atomic E-state index is 13.4. The van der Waals surface area contributed by atoms with Crippen molar-refractivity contribution in [1.82, 2.24) is 0 Å². The Morgan fingerprint density at radius 2 is 1.81 bits per heavy atom. The molecule has 1 amide bonds. The van der Waals surface area contributed by atoms with Gasteiger partial charge in [-0.2, -0.15) is 0 Å². The Morgan fingerprint density at radius 3 is 2.50 bits per heavy atom. The SMILES string of the molecule is COc1ccc(NC(=O)[C@@H]2CN(S(=O)(=O)c3ccc(Cl)cc3)c3ccccc3O2)cc1Cl.